The van der Waals surface area contributed by atoms with E-state index >= 15 is 0 Å². The van der Waals surface area contributed by atoms with Crippen LogP contribution in [0.15, 0.2) is 23.1 Å². The van der Waals surface area contributed by atoms with Gasteiger partial charge in [-0.3, -0.25) is 19.1 Å². The molecule has 1 saturated heterocycles. The number of ketones is 1. The zero-order chi connectivity index (χ0) is 24.8. The predicted molar refractivity (Wildman–Crippen MR) is 139 cm³/mol. The van der Waals surface area contributed by atoms with Crippen LogP contribution in [0.2, 0.25) is 0 Å². The first-order valence-corrected chi connectivity index (χ1v) is 13.1. The van der Waals surface area contributed by atoms with Gasteiger partial charge in [-0.1, -0.05) is 18.9 Å². The van der Waals surface area contributed by atoms with Crippen LogP contribution in [0, 0.1) is 6.92 Å². The Balaban J connectivity index is 1.33. The number of carbonyl (C=O) groups is 1. The number of aromatic nitrogens is 4. The molecule has 0 aromatic carbocycles. The average Bonchev–Trinajstić information content (AvgIpc) is 3.59. The molecular weight excluding hydrogens is 454 g/mol. The van der Waals surface area contributed by atoms with Crippen LogP contribution in [0.25, 0.3) is 11.0 Å². The monoisotopic (exact) mass is 487 g/mol. The molecular formula is C27H33N7O2. The fourth-order valence-electron chi connectivity index (χ4n) is 6.19. The third-order valence-electron chi connectivity index (χ3n) is 8.12. The number of hydrogen-bond donors (Lipinski definition) is 2. The van der Waals surface area contributed by atoms with Gasteiger partial charge < -0.3 is 10.6 Å². The maximum atomic E-state index is 13.4. The van der Waals surface area contributed by atoms with Crippen molar-refractivity contribution < 1.29 is 4.79 Å². The van der Waals surface area contributed by atoms with Crippen LogP contribution < -0.4 is 16.2 Å². The number of pyridine rings is 2. The van der Waals surface area contributed by atoms with Crippen LogP contribution in [0.3, 0.4) is 0 Å². The van der Waals surface area contributed by atoms with Gasteiger partial charge in [0.25, 0.3) is 5.56 Å². The van der Waals surface area contributed by atoms with Gasteiger partial charge in [-0.2, -0.15) is 4.98 Å². The van der Waals surface area contributed by atoms with Crippen molar-refractivity contribution in [3.05, 3.63) is 51.1 Å². The van der Waals surface area contributed by atoms with Crippen molar-refractivity contribution in [1.29, 1.82) is 0 Å². The first-order valence-electron chi connectivity index (χ1n) is 13.1. The molecule has 5 heterocycles. The highest BCUT2D eigenvalue weighted by Gasteiger charge is 2.28. The Bertz CT molecular complexity index is 1390. The summed E-state index contributed by atoms with van der Waals surface area (Å²) < 4.78 is 1.74. The van der Waals surface area contributed by atoms with Gasteiger partial charge >= 0.3 is 0 Å². The Morgan fingerprint density at radius 2 is 1.97 bits per heavy atom. The molecule has 0 bridgehead atoms. The average molecular weight is 488 g/mol. The van der Waals surface area contributed by atoms with Gasteiger partial charge in [-0.15, -0.1) is 0 Å². The number of fused-ring (bicyclic) bond motifs is 2. The maximum absolute atomic E-state index is 13.4. The molecule has 2 N–H and O–H groups in total. The Labute approximate surface area is 210 Å². The topological polar surface area (TPSA) is 105 Å². The van der Waals surface area contributed by atoms with E-state index in [1.54, 1.807) is 10.8 Å². The lowest BCUT2D eigenvalue weighted by molar-refractivity contribution is 0.101. The van der Waals surface area contributed by atoms with Gasteiger partial charge in [0.2, 0.25) is 5.95 Å². The molecule has 1 atom stereocenters. The second-order valence-corrected chi connectivity index (χ2v) is 10.4. The van der Waals surface area contributed by atoms with E-state index in [1.807, 2.05) is 13.0 Å². The fraction of sp³-hybridized carbons (Fsp3) is 0.519. The summed E-state index contributed by atoms with van der Waals surface area (Å²) in [4.78, 5) is 42.5. The van der Waals surface area contributed by atoms with Crippen molar-refractivity contribution in [2.24, 2.45) is 0 Å². The molecule has 1 saturated carbocycles. The number of Topliss-reactive ketones (excluding diaryl/α,β-unsaturated/α-hetero) is 1. The Morgan fingerprint density at radius 3 is 2.72 bits per heavy atom. The van der Waals surface area contributed by atoms with Crippen LogP contribution in [0.5, 0.6) is 0 Å². The Kier molecular flexibility index (Phi) is 6.05. The van der Waals surface area contributed by atoms with Crippen LogP contribution in [-0.4, -0.2) is 55.9 Å². The van der Waals surface area contributed by atoms with Gasteiger partial charge in [0.15, 0.2) is 5.78 Å². The van der Waals surface area contributed by atoms with Gasteiger partial charge in [0.1, 0.15) is 11.5 Å². The zero-order valence-corrected chi connectivity index (χ0v) is 21.0. The van der Waals surface area contributed by atoms with Crippen molar-refractivity contribution in [1.82, 2.24) is 29.7 Å². The molecule has 1 aliphatic carbocycles. The molecule has 1 unspecified atom stereocenters. The van der Waals surface area contributed by atoms with E-state index in [9.17, 15) is 9.59 Å². The van der Waals surface area contributed by atoms with Crippen molar-refractivity contribution >= 4 is 28.6 Å². The molecule has 2 fully saturated rings. The van der Waals surface area contributed by atoms with Crippen LogP contribution in [-0.2, 0) is 13.0 Å². The zero-order valence-electron chi connectivity index (χ0n) is 21.0. The minimum absolute atomic E-state index is 0.0568. The summed E-state index contributed by atoms with van der Waals surface area (Å²) >= 11 is 0. The molecule has 2 aliphatic heterocycles. The quantitative estimate of drug-likeness (QED) is 0.529. The maximum Gasteiger partial charge on any atom is 0.263 e. The predicted octanol–water partition coefficient (Wildman–Crippen LogP) is 3.28. The molecule has 0 radical (unpaired) electrons. The second-order valence-electron chi connectivity index (χ2n) is 10.4. The molecule has 0 amide bonds. The molecule has 188 valence electrons. The molecule has 3 aromatic rings. The third-order valence-corrected chi connectivity index (χ3v) is 8.12. The third kappa shape index (κ3) is 4.10. The standard InChI is InChI=1S/C27H33N7O2/c1-16-21-14-29-27(32-25(21)34(19-5-3-4-6-19)26(36)24(16)17(2)35)31-23-8-7-18-15-33(12-10-22(18)30-23)20-9-11-28-13-20/h7-8,14,19-20,28H,3-6,9-13,15H2,1-2H3,(H,29,30,31,32). The van der Waals surface area contributed by atoms with E-state index in [-0.39, 0.29) is 22.9 Å². The summed E-state index contributed by atoms with van der Waals surface area (Å²) in [5.74, 6) is 0.899. The van der Waals surface area contributed by atoms with Crippen LogP contribution >= 0.6 is 0 Å². The number of nitrogens with one attached hydrogen (secondary N) is 2. The largest absolute Gasteiger partial charge is 0.315 e. The second kappa shape index (κ2) is 9.37. The van der Waals surface area contributed by atoms with Crippen molar-refractivity contribution in [3.8, 4) is 0 Å². The lowest BCUT2D eigenvalue weighted by atomic mass is 10.0. The van der Waals surface area contributed by atoms with E-state index in [0.717, 1.165) is 69.4 Å². The molecule has 9 nitrogen and oxygen atoms in total. The molecule has 0 spiro atoms. The number of hydrogen-bond acceptors (Lipinski definition) is 8. The van der Waals surface area contributed by atoms with Gasteiger partial charge in [0, 0.05) is 55.4 Å². The minimum atomic E-state index is -0.238. The van der Waals surface area contributed by atoms with Crippen molar-refractivity contribution in [3.63, 3.8) is 0 Å². The highest BCUT2D eigenvalue weighted by atomic mass is 16.1. The molecule has 9 heteroatoms. The summed E-state index contributed by atoms with van der Waals surface area (Å²) in [7, 11) is 0. The highest BCUT2D eigenvalue weighted by molar-refractivity contribution is 5.99. The van der Waals surface area contributed by atoms with E-state index in [0.29, 0.717) is 29.0 Å². The SMILES string of the molecule is CC(=O)c1c(C)c2cnc(Nc3ccc4c(n3)CCN(C3CCNC3)C4)nc2n(C2CCCC2)c1=O. The van der Waals surface area contributed by atoms with E-state index in [4.69, 9.17) is 9.97 Å². The molecule has 3 aromatic heterocycles. The Morgan fingerprint density at radius 1 is 1.14 bits per heavy atom. The summed E-state index contributed by atoms with van der Waals surface area (Å²) in [6.07, 6.45) is 7.85. The minimum Gasteiger partial charge on any atom is -0.315 e. The van der Waals surface area contributed by atoms with Crippen molar-refractivity contribution in [2.45, 2.75) is 71.0 Å². The van der Waals surface area contributed by atoms with E-state index in [2.05, 4.69) is 26.6 Å². The summed E-state index contributed by atoms with van der Waals surface area (Å²) in [5, 5.41) is 7.48. The number of aryl methyl sites for hydroxylation is 1. The van der Waals surface area contributed by atoms with E-state index in [1.165, 1.54) is 18.9 Å². The fourth-order valence-corrected chi connectivity index (χ4v) is 6.19. The smallest absolute Gasteiger partial charge is 0.263 e. The summed E-state index contributed by atoms with van der Waals surface area (Å²) in [5.41, 5.74) is 3.65. The number of carbonyl (C=O) groups excluding carboxylic acids is 1. The Hall–Kier alpha value is -3.17. The summed E-state index contributed by atoms with van der Waals surface area (Å²) in [6.45, 7) is 7.40. The van der Waals surface area contributed by atoms with Gasteiger partial charge in [-0.25, -0.2) is 9.97 Å². The van der Waals surface area contributed by atoms with Crippen LogP contribution in [0.1, 0.15) is 72.2 Å². The van der Waals surface area contributed by atoms with Crippen LogP contribution in [0.4, 0.5) is 11.8 Å². The highest BCUT2D eigenvalue weighted by Crippen LogP contribution is 2.32. The summed E-state index contributed by atoms with van der Waals surface area (Å²) in [6, 6.07) is 4.81. The number of rotatable bonds is 5. The normalized spacial score (nSPS) is 20.7. The lowest BCUT2D eigenvalue weighted by Crippen LogP contribution is -2.40. The molecule has 3 aliphatic rings. The first-order chi connectivity index (χ1) is 17.5. The van der Waals surface area contributed by atoms with Gasteiger partial charge in [0.05, 0.1) is 5.56 Å². The van der Waals surface area contributed by atoms with E-state index < -0.39 is 0 Å². The van der Waals surface area contributed by atoms with Gasteiger partial charge in [-0.05, 0) is 56.8 Å². The molecule has 6 rings (SSSR count). The lowest BCUT2D eigenvalue weighted by Gasteiger charge is -2.32. The number of anilines is 2. The van der Waals surface area contributed by atoms with Crippen molar-refractivity contribution in [2.75, 3.05) is 25.0 Å². The molecule has 36 heavy (non-hydrogen) atoms. The number of nitrogens with zero attached hydrogens (tertiary/aromatic N) is 5. The first kappa shape index (κ1) is 23.2.